The van der Waals surface area contributed by atoms with Crippen LogP contribution >= 0.6 is 0 Å². The average molecular weight is 342 g/mol. The van der Waals surface area contributed by atoms with Gasteiger partial charge in [-0.1, -0.05) is 60.7 Å². The number of fused-ring (bicyclic) bond motifs is 4. The van der Waals surface area contributed by atoms with Gasteiger partial charge in [0.2, 0.25) is 0 Å². The van der Waals surface area contributed by atoms with Crippen molar-refractivity contribution in [3.8, 4) is 39.1 Å². The van der Waals surface area contributed by atoms with Crippen molar-refractivity contribution in [3.63, 3.8) is 0 Å². The molecule has 6 rings (SSSR count). The Hall–Kier alpha value is -3.76. The van der Waals surface area contributed by atoms with Crippen LogP contribution in [0.4, 0.5) is 0 Å². The summed E-state index contributed by atoms with van der Waals surface area (Å²) in [6.07, 6.45) is 0. The monoisotopic (exact) mass is 342 g/mol. The van der Waals surface area contributed by atoms with E-state index in [1.807, 2.05) is 12.1 Å². The number of phenolic OH excluding ortho intramolecular Hbond substituents is 1. The molecule has 124 valence electrons. The first-order valence-electron chi connectivity index (χ1n) is 9.02. The molecule has 5 aromatic carbocycles. The molecule has 1 N–H and O–H groups in total. The Balaban J connectivity index is 1.65. The summed E-state index contributed by atoms with van der Waals surface area (Å²) in [7, 11) is 0. The molecule has 0 aliphatic heterocycles. The summed E-state index contributed by atoms with van der Waals surface area (Å²) in [6.45, 7) is 0. The van der Waals surface area contributed by atoms with Crippen LogP contribution < -0.4 is 0 Å². The van der Waals surface area contributed by atoms with Gasteiger partial charge in [-0.05, 0) is 79.7 Å². The Labute approximate surface area is 157 Å². The summed E-state index contributed by atoms with van der Waals surface area (Å²) in [5.41, 5.74) is 7.30. The zero-order valence-electron chi connectivity index (χ0n) is 14.5. The minimum Gasteiger partial charge on any atom is -0.508 e. The fourth-order valence-corrected chi connectivity index (χ4v) is 4.32. The molecule has 0 unspecified atom stereocenters. The zero-order valence-corrected chi connectivity index (χ0v) is 14.5. The summed E-state index contributed by atoms with van der Waals surface area (Å²) < 4.78 is 0. The second-order valence-electron chi connectivity index (χ2n) is 7.03. The quantitative estimate of drug-likeness (QED) is 0.356. The van der Waals surface area contributed by atoms with Crippen molar-refractivity contribution in [2.24, 2.45) is 0 Å². The molecule has 0 heterocycles. The molecule has 1 heteroatoms. The molecule has 5 aromatic rings. The van der Waals surface area contributed by atoms with E-state index in [-0.39, 0.29) is 0 Å². The Kier molecular flexibility index (Phi) is 2.74. The molecular weight excluding hydrogens is 328 g/mol. The van der Waals surface area contributed by atoms with Crippen molar-refractivity contribution in [2.45, 2.75) is 0 Å². The first kappa shape index (κ1) is 14.4. The van der Waals surface area contributed by atoms with E-state index in [9.17, 15) is 5.11 Å². The van der Waals surface area contributed by atoms with Gasteiger partial charge in [0.1, 0.15) is 5.75 Å². The van der Waals surface area contributed by atoms with Crippen molar-refractivity contribution < 1.29 is 5.11 Å². The van der Waals surface area contributed by atoms with Gasteiger partial charge in [0.25, 0.3) is 0 Å². The highest BCUT2D eigenvalue weighted by Crippen LogP contribution is 2.48. The molecule has 0 aromatic heterocycles. The first-order valence-corrected chi connectivity index (χ1v) is 9.02. The van der Waals surface area contributed by atoms with Crippen LogP contribution in [0.15, 0.2) is 78.9 Å². The lowest BCUT2D eigenvalue weighted by molar-refractivity contribution is 0.476. The number of hydrogen-bond donors (Lipinski definition) is 1. The highest BCUT2D eigenvalue weighted by Gasteiger charge is 2.22. The lowest BCUT2D eigenvalue weighted by atomic mass is 9.93. The summed E-state index contributed by atoms with van der Waals surface area (Å²) in [5.74, 6) is 0.298. The van der Waals surface area contributed by atoms with E-state index in [4.69, 9.17) is 0 Å². The maximum absolute atomic E-state index is 9.71. The smallest absolute Gasteiger partial charge is 0.116 e. The predicted octanol–water partition coefficient (Wildman–Crippen LogP) is 6.61. The molecule has 0 radical (unpaired) electrons. The third-order valence-corrected chi connectivity index (χ3v) is 5.53. The highest BCUT2D eigenvalue weighted by atomic mass is 16.3. The molecular formula is C26H14O. The molecule has 0 fully saturated rings. The van der Waals surface area contributed by atoms with Gasteiger partial charge >= 0.3 is 0 Å². The second-order valence-corrected chi connectivity index (χ2v) is 7.03. The van der Waals surface area contributed by atoms with Gasteiger partial charge in [-0.3, -0.25) is 0 Å². The number of rotatable bonds is 1. The van der Waals surface area contributed by atoms with Gasteiger partial charge in [-0.15, -0.1) is 0 Å². The van der Waals surface area contributed by atoms with Crippen molar-refractivity contribution in [3.05, 3.63) is 91.0 Å². The summed E-state index contributed by atoms with van der Waals surface area (Å²) >= 11 is 0. The van der Waals surface area contributed by atoms with Crippen LogP contribution in [-0.2, 0) is 0 Å². The highest BCUT2D eigenvalue weighted by molar-refractivity contribution is 6.18. The normalized spacial score (nSPS) is 11.6. The maximum Gasteiger partial charge on any atom is 0.116 e. The summed E-state index contributed by atoms with van der Waals surface area (Å²) in [4.78, 5) is 0. The largest absolute Gasteiger partial charge is 0.508 e. The van der Waals surface area contributed by atoms with Crippen LogP contribution in [0.1, 0.15) is 0 Å². The van der Waals surface area contributed by atoms with Gasteiger partial charge in [0.05, 0.1) is 0 Å². The fraction of sp³-hybridized carbons (Fsp3) is 0. The van der Waals surface area contributed by atoms with E-state index in [2.05, 4.69) is 66.7 Å². The molecule has 0 bridgehead atoms. The average Bonchev–Trinajstić information content (AvgIpc) is 3.04. The molecule has 1 nitrogen and oxygen atoms in total. The topological polar surface area (TPSA) is 20.2 Å². The van der Waals surface area contributed by atoms with E-state index in [0.29, 0.717) is 5.75 Å². The second kappa shape index (κ2) is 5.13. The summed E-state index contributed by atoms with van der Waals surface area (Å²) in [6, 6.07) is 33.3. The Morgan fingerprint density at radius 2 is 1.52 bits per heavy atom. The van der Waals surface area contributed by atoms with E-state index in [1.54, 1.807) is 12.1 Å². The SMILES string of the molecule is Oc1ccc2cc(-c3ccc4c5c(cccc35)-c3ccc#cc3-4)ccc2c1. The van der Waals surface area contributed by atoms with Gasteiger partial charge in [0.15, 0.2) is 0 Å². The minimum atomic E-state index is 0.298. The number of hydrogen-bond acceptors (Lipinski definition) is 1. The molecule has 0 spiro atoms. The third-order valence-electron chi connectivity index (χ3n) is 5.53. The zero-order chi connectivity index (χ0) is 18.0. The molecule has 0 saturated carbocycles. The van der Waals surface area contributed by atoms with Crippen molar-refractivity contribution in [1.29, 1.82) is 0 Å². The molecule has 1 aliphatic carbocycles. The number of benzene rings is 4. The first-order chi connectivity index (χ1) is 13.3. The van der Waals surface area contributed by atoms with Crippen molar-refractivity contribution in [1.82, 2.24) is 0 Å². The van der Waals surface area contributed by atoms with Gasteiger partial charge in [-0.2, -0.15) is 0 Å². The molecule has 1 aliphatic rings. The van der Waals surface area contributed by atoms with Crippen LogP contribution in [0.3, 0.4) is 0 Å². The predicted molar refractivity (Wildman–Crippen MR) is 111 cm³/mol. The molecule has 0 saturated heterocycles. The lowest BCUT2D eigenvalue weighted by Gasteiger charge is -2.10. The molecule has 27 heavy (non-hydrogen) atoms. The van der Waals surface area contributed by atoms with Crippen LogP contribution in [0.2, 0.25) is 0 Å². The Morgan fingerprint density at radius 1 is 0.667 bits per heavy atom. The van der Waals surface area contributed by atoms with Gasteiger partial charge < -0.3 is 5.11 Å². The lowest BCUT2D eigenvalue weighted by Crippen LogP contribution is -1.84. The van der Waals surface area contributed by atoms with Crippen LogP contribution in [0, 0.1) is 12.1 Å². The Bertz CT molecular complexity index is 1350. The maximum atomic E-state index is 9.71. The fourth-order valence-electron chi connectivity index (χ4n) is 4.32. The molecule has 0 amide bonds. The number of aromatic hydroxyl groups is 1. The van der Waals surface area contributed by atoms with Gasteiger partial charge in [-0.25, -0.2) is 0 Å². The third kappa shape index (κ3) is 1.96. The van der Waals surface area contributed by atoms with E-state index in [0.717, 1.165) is 16.3 Å². The molecule has 0 atom stereocenters. The van der Waals surface area contributed by atoms with E-state index in [1.165, 1.54) is 38.6 Å². The standard InChI is InChI=1S/C26H14O/c27-19-11-10-16-14-18(9-8-17(16)15-19)20-12-13-25-22-5-2-1-4-21(22)24-7-3-6-23(20)26(24)25/h1,3-4,6-15,27H. The van der Waals surface area contributed by atoms with Crippen molar-refractivity contribution in [2.75, 3.05) is 0 Å². The summed E-state index contributed by atoms with van der Waals surface area (Å²) in [5, 5.41) is 14.4. The van der Waals surface area contributed by atoms with E-state index < -0.39 is 0 Å². The van der Waals surface area contributed by atoms with Gasteiger partial charge in [0, 0.05) is 5.56 Å². The van der Waals surface area contributed by atoms with E-state index >= 15 is 0 Å². The minimum absolute atomic E-state index is 0.298. The van der Waals surface area contributed by atoms with Crippen molar-refractivity contribution >= 4 is 21.5 Å². The Morgan fingerprint density at radius 3 is 2.48 bits per heavy atom. The van der Waals surface area contributed by atoms with Crippen LogP contribution in [0.5, 0.6) is 5.75 Å². The number of phenols is 1. The van der Waals surface area contributed by atoms with Crippen LogP contribution in [0.25, 0.3) is 54.9 Å². The van der Waals surface area contributed by atoms with Crippen LogP contribution in [-0.4, -0.2) is 5.11 Å².